The minimum atomic E-state index is -0.822. The molecule has 1 aromatic rings. The highest BCUT2D eigenvalue weighted by molar-refractivity contribution is 5.97. The van der Waals surface area contributed by atoms with E-state index in [9.17, 15) is 14.0 Å². The van der Waals surface area contributed by atoms with E-state index in [1.54, 1.807) is 0 Å². The molecule has 0 aliphatic heterocycles. The lowest BCUT2D eigenvalue weighted by molar-refractivity contribution is -0.122. The number of carbonyl (C=O) groups excluding carboxylic acids is 2. The third-order valence-electron chi connectivity index (χ3n) is 2.00. The Kier molecular flexibility index (Phi) is 3.96. The first-order valence-corrected chi connectivity index (χ1v) is 4.62. The fourth-order valence-corrected chi connectivity index (χ4v) is 1.11. The Bertz CT molecular complexity index is 409. The molecule has 0 spiro atoms. The standard InChI is InChI=1S/C10H12FN3O2/c1-6(9(15)14-12)13-10(16)7-4-2-3-5-8(7)11/h2-6H,12H2,1H3,(H,13,16)(H,14,15)/t6-/m1/s1. The molecule has 4 N–H and O–H groups in total. The van der Waals surface area contributed by atoms with E-state index in [1.807, 2.05) is 5.43 Å². The number of rotatable bonds is 3. The Morgan fingerprint density at radius 3 is 2.56 bits per heavy atom. The summed E-state index contributed by atoms with van der Waals surface area (Å²) in [6, 6.07) is 4.69. The quantitative estimate of drug-likeness (QED) is 0.382. The van der Waals surface area contributed by atoms with Crippen LogP contribution in [0.1, 0.15) is 17.3 Å². The molecule has 1 atom stereocenters. The van der Waals surface area contributed by atoms with Crippen LogP contribution in [0.2, 0.25) is 0 Å². The molecule has 16 heavy (non-hydrogen) atoms. The van der Waals surface area contributed by atoms with E-state index in [0.29, 0.717) is 0 Å². The fourth-order valence-electron chi connectivity index (χ4n) is 1.11. The summed E-state index contributed by atoms with van der Waals surface area (Å²) in [4.78, 5) is 22.5. The number of hydrogen-bond acceptors (Lipinski definition) is 3. The molecule has 0 aliphatic carbocycles. The molecule has 0 heterocycles. The summed E-state index contributed by atoms with van der Waals surface area (Å²) in [7, 11) is 0. The van der Waals surface area contributed by atoms with Gasteiger partial charge in [0.1, 0.15) is 11.9 Å². The van der Waals surface area contributed by atoms with Crippen molar-refractivity contribution >= 4 is 11.8 Å². The van der Waals surface area contributed by atoms with Crippen LogP contribution in [0, 0.1) is 5.82 Å². The van der Waals surface area contributed by atoms with Crippen molar-refractivity contribution in [1.29, 1.82) is 0 Å². The van der Waals surface area contributed by atoms with Crippen LogP contribution in [0.15, 0.2) is 24.3 Å². The zero-order valence-corrected chi connectivity index (χ0v) is 8.66. The second-order valence-electron chi connectivity index (χ2n) is 3.18. The molecule has 0 saturated carbocycles. The van der Waals surface area contributed by atoms with Gasteiger partial charge in [0.2, 0.25) is 0 Å². The van der Waals surface area contributed by atoms with E-state index in [-0.39, 0.29) is 5.56 Å². The Hall–Kier alpha value is -1.95. The first-order valence-electron chi connectivity index (χ1n) is 4.62. The second-order valence-corrected chi connectivity index (χ2v) is 3.18. The second kappa shape index (κ2) is 5.22. The molecule has 86 valence electrons. The van der Waals surface area contributed by atoms with Gasteiger partial charge in [-0.2, -0.15) is 0 Å². The number of nitrogens with one attached hydrogen (secondary N) is 2. The molecule has 0 unspecified atom stereocenters. The summed E-state index contributed by atoms with van der Waals surface area (Å²) in [5, 5.41) is 2.32. The minimum absolute atomic E-state index is 0.112. The summed E-state index contributed by atoms with van der Waals surface area (Å²) in [6.07, 6.45) is 0. The summed E-state index contributed by atoms with van der Waals surface area (Å²) in [6.45, 7) is 1.45. The monoisotopic (exact) mass is 225 g/mol. The van der Waals surface area contributed by atoms with Crippen LogP contribution < -0.4 is 16.6 Å². The summed E-state index contributed by atoms with van der Waals surface area (Å²) < 4.78 is 13.2. The first kappa shape index (κ1) is 12.1. The normalized spacial score (nSPS) is 11.7. The van der Waals surface area contributed by atoms with Crippen molar-refractivity contribution in [2.24, 2.45) is 5.84 Å². The van der Waals surface area contributed by atoms with E-state index in [2.05, 4.69) is 5.32 Å². The average molecular weight is 225 g/mol. The molecule has 0 saturated heterocycles. The summed E-state index contributed by atoms with van der Waals surface area (Å²) >= 11 is 0. The zero-order valence-electron chi connectivity index (χ0n) is 8.66. The van der Waals surface area contributed by atoms with E-state index < -0.39 is 23.7 Å². The highest BCUT2D eigenvalue weighted by Crippen LogP contribution is 2.06. The van der Waals surface area contributed by atoms with E-state index >= 15 is 0 Å². The maximum atomic E-state index is 13.2. The number of nitrogens with two attached hydrogens (primary N) is 1. The number of carbonyl (C=O) groups is 2. The van der Waals surface area contributed by atoms with Crippen LogP contribution in [0.5, 0.6) is 0 Å². The topological polar surface area (TPSA) is 84.2 Å². The Balaban J connectivity index is 2.73. The van der Waals surface area contributed by atoms with Crippen molar-refractivity contribution < 1.29 is 14.0 Å². The predicted octanol–water partition coefficient (Wildman–Crippen LogP) is -0.0661. The van der Waals surface area contributed by atoms with Crippen LogP contribution in [-0.2, 0) is 4.79 Å². The highest BCUT2D eigenvalue weighted by Gasteiger charge is 2.17. The average Bonchev–Trinajstić information content (AvgIpc) is 2.28. The lowest BCUT2D eigenvalue weighted by atomic mass is 10.2. The first-order chi connectivity index (χ1) is 7.56. The van der Waals surface area contributed by atoms with E-state index in [0.717, 1.165) is 0 Å². The van der Waals surface area contributed by atoms with E-state index in [4.69, 9.17) is 5.84 Å². The third kappa shape index (κ3) is 2.77. The van der Waals surface area contributed by atoms with Gasteiger partial charge in [0.25, 0.3) is 11.8 Å². The third-order valence-corrected chi connectivity index (χ3v) is 2.00. The van der Waals surface area contributed by atoms with Crippen molar-refractivity contribution in [1.82, 2.24) is 10.7 Å². The van der Waals surface area contributed by atoms with Crippen molar-refractivity contribution in [3.05, 3.63) is 35.6 Å². The molecule has 5 nitrogen and oxygen atoms in total. The lowest BCUT2D eigenvalue weighted by Crippen LogP contribution is -2.47. The van der Waals surface area contributed by atoms with Gasteiger partial charge in [-0.25, -0.2) is 10.2 Å². The number of hydrazine groups is 1. The van der Waals surface area contributed by atoms with Gasteiger partial charge in [0.15, 0.2) is 0 Å². The van der Waals surface area contributed by atoms with E-state index in [1.165, 1.54) is 31.2 Å². The fraction of sp³-hybridized carbons (Fsp3) is 0.200. The zero-order chi connectivity index (χ0) is 12.1. The van der Waals surface area contributed by atoms with Crippen molar-refractivity contribution in [3.63, 3.8) is 0 Å². The van der Waals surface area contributed by atoms with Crippen molar-refractivity contribution in [2.75, 3.05) is 0 Å². The number of halogens is 1. The van der Waals surface area contributed by atoms with Crippen LogP contribution in [0.4, 0.5) is 4.39 Å². The molecule has 2 amide bonds. The highest BCUT2D eigenvalue weighted by atomic mass is 19.1. The predicted molar refractivity (Wildman–Crippen MR) is 55.7 cm³/mol. The molecule has 1 rings (SSSR count). The van der Waals surface area contributed by atoms with Crippen molar-refractivity contribution in [2.45, 2.75) is 13.0 Å². The van der Waals surface area contributed by atoms with Gasteiger partial charge in [-0.1, -0.05) is 12.1 Å². The smallest absolute Gasteiger partial charge is 0.256 e. The number of amides is 2. The molecule has 0 fully saturated rings. The van der Waals surface area contributed by atoms with Gasteiger partial charge in [0, 0.05) is 0 Å². The summed E-state index contributed by atoms with van der Waals surface area (Å²) in [5.74, 6) is 3.04. The molecule has 0 bridgehead atoms. The number of hydrogen-bond donors (Lipinski definition) is 3. The molecule has 6 heteroatoms. The Morgan fingerprint density at radius 2 is 2.00 bits per heavy atom. The van der Waals surface area contributed by atoms with Crippen LogP contribution in [0.3, 0.4) is 0 Å². The van der Waals surface area contributed by atoms with Crippen LogP contribution >= 0.6 is 0 Å². The Labute approximate surface area is 91.8 Å². The SMILES string of the molecule is C[C@@H](NC(=O)c1ccccc1F)C(=O)NN. The molecular weight excluding hydrogens is 213 g/mol. The van der Waals surface area contributed by atoms with Gasteiger partial charge in [0.05, 0.1) is 5.56 Å². The summed E-state index contributed by atoms with van der Waals surface area (Å²) in [5.41, 5.74) is 1.78. The maximum Gasteiger partial charge on any atom is 0.256 e. The van der Waals surface area contributed by atoms with Crippen molar-refractivity contribution in [3.8, 4) is 0 Å². The van der Waals surface area contributed by atoms with Crippen LogP contribution in [0.25, 0.3) is 0 Å². The van der Waals surface area contributed by atoms with Gasteiger partial charge in [-0.15, -0.1) is 0 Å². The molecule has 0 radical (unpaired) electrons. The van der Waals surface area contributed by atoms with Gasteiger partial charge in [-0.05, 0) is 19.1 Å². The Morgan fingerprint density at radius 1 is 1.38 bits per heavy atom. The van der Waals surface area contributed by atoms with Gasteiger partial charge < -0.3 is 5.32 Å². The van der Waals surface area contributed by atoms with Gasteiger partial charge in [-0.3, -0.25) is 15.0 Å². The van der Waals surface area contributed by atoms with Gasteiger partial charge >= 0.3 is 0 Å². The molecule has 0 aliphatic rings. The lowest BCUT2D eigenvalue weighted by Gasteiger charge is -2.12. The number of benzene rings is 1. The van der Waals surface area contributed by atoms with Crippen LogP contribution in [-0.4, -0.2) is 17.9 Å². The minimum Gasteiger partial charge on any atom is -0.340 e. The molecule has 1 aromatic carbocycles. The molecular formula is C10H12FN3O2. The largest absolute Gasteiger partial charge is 0.340 e. The molecule has 0 aromatic heterocycles. The maximum absolute atomic E-state index is 13.2.